The highest BCUT2D eigenvalue weighted by Gasteiger charge is 2.37. The minimum absolute atomic E-state index is 0.00300. The van der Waals surface area contributed by atoms with Crippen molar-refractivity contribution < 1.29 is 9.90 Å². The topological polar surface area (TPSA) is 49.3 Å². The molecule has 0 aromatic heterocycles. The van der Waals surface area contributed by atoms with Crippen LogP contribution in [0.4, 0.5) is 0 Å². The van der Waals surface area contributed by atoms with Crippen molar-refractivity contribution in [3.63, 3.8) is 0 Å². The third kappa shape index (κ3) is 2.86. The number of nitrogens with one attached hydrogen (secondary N) is 1. The number of amides is 1. The van der Waals surface area contributed by atoms with Gasteiger partial charge in [0, 0.05) is 17.7 Å². The van der Waals surface area contributed by atoms with E-state index in [1.54, 1.807) is 0 Å². The smallest absolute Gasteiger partial charge is 0.251 e. The summed E-state index contributed by atoms with van der Waals surface area (Å²) in [6.07, 6.45) is 4.87. The van der Waals surface area contributed by atoms with Crippen LogP contribution in [0.25, 0.3) is 0 Å². The van der Waals surface area contributed by atoms with Crippen LogP contribution in [0.3, 0.4) is 0 Å². The summed E-state index contributed by atoms with van der Waals surface area (Å²) < 4.78 is 0. The van der Waals surface area contributed by atoms with Gasteiger partial charge in [-0.3, -0.25) is 4.79 Å². The molecule has 0 radical (unpaired) electrons. The first-order valence-corrected chi connectivity index (χ1v) is 6.24. The Bertz CT molecular complexity index is 371. The van der Waals surface area contributed by atoms with E-state index >= 15 is 0 Å². The Labute approximate surface area is 102 Å². The maximum absolute atomic E-state index is 12.0. The van der Waals surface area contributed by atoms with Crippen LogP contribution in [0, 0.1) is 0 Å². The normalized spacial score (nSPS) is 17.2. The Morgan fingerprint density at radius 3 is 2.53 bits per heavy atom. The van der Waals surface area contributed by atoms with E-state index < -0.39 is 0 Å². The van der Waals surface area contributed by atoms with Crippen molar-refractivity contribution in [2.45, 2.75) is 37.6 Å². The van der Waals surface area contributed by atoms with E-state index in [-0.39, 0.29) is 18.1 Å². The summed E-state index contributed by atoms with van der Waals surface area (Å²) in [5, 5.41) is 12.0. The lowest BCUT2D eigenvalue weighted by Crippen LogP contribution is -2.53. The van der Waals surface area contributed by atoms with Gasteiger partial charge in [0.1, 0.15) is 0 Å². The summed E-state index contributed by atoms with van der Waals surface area (Å²) in [5.41, 5.74) is 0.651. The standard InChI is InChI=1S/C14H19NO2/c16-11-5-10-14(8-4-9-14)15-13(17)12-6-2-1-3-7-12/h1-3,6-7,16H,4-5,8-11H2,(H,15,17). The van der Waals surface area contributed by atoms with Gasteiger partial charge in [0.15, 0.2) is 0 Å². The predicted octanol–water partition coefficient (Wildman–Crippen LogP) is 2.11. The molecule has 0 bridgehead atoms. The van der Waals surface area contributed by atoms with Crippen molar-refractivity contribution in [3.8, 4) is 0 Å². The van der Waals surface area contributed by atoms with Crippen LogP contribution in [0.15, 0.2) is 30.3 Å². The quantitative estimate of drug-likeness (QED) is 0.818. The van der Waals surface area contributed by atoms with Crippen LogP contribution >= 0.6 is 0 Å². The Hall–Kier alpha value is -1.35. The lowest BCUT2D eigenvalue weighted by molar-refractivity contribution is 0.0796. The number of benzene rings is 1. The predicted molar refractivity (Wildman–Crippen MR) is 66.8 cm³/mol. The van der Waals surface area contributed by atoms with Gasteiger partial charge in [-0.1, -0.05) is 18.2 Å². The van der Waals surface area contributed by atoms with Gasteiger partial charge in [0.25, 0.3) is 5.91 Å². The molecule has 0 unspecified atom stereocenters. The number of carbonyl (C=O) groups excluding carboxylic acids is 1. The average Bonchev–Trinajstić information content (AvgIpc) is 2.33. The molecule has 2 rings (SSSR count). The Morgan fingerprint density at radius 2 is 2.00 bits per heavy atom. The van der Waals surface area contributed by atoms with Gasteiger partial charge in [-0.05, 0) is 44.2 Å². The van der Waals surface area contributed by atoms with Gasteiger partial charge in [-0.2, -0.15) is 0 Å². The van der Waals surface area contributed by atoms with Gasteiger partial charge >= 0.3 is 0 Å². The van der Waals surface area contributed by atoms with Gasteiger partial charge in [0.2, 0.25) is 0 Å². The summed E-state index contributed by atoms with van der Waals surface area (Å²) in [4.78, 5) is 12.0. The summed E-state index contributed by atoms with van der Waals surface area (Å²) in [5.74, 6) is 0.00300. The number of aliphatic hydroxyl groups excluding tert-OH is 1. The molecule has 1 fully saturated rings. The summed E-state index contributed by atoms with van der Waals surface area (Å²) in [6, 6.07) is 9.30. The van der Waals surface area contributed by atoms with Gasteiger partial charge in [0.05, 0.1) is 0 Å². The van der Waals surface area contributed by atoms with E-state index in [1.165, 1.54) is 6.42 Å². The lowest BCUT2D eigenvalue weighted by Gasteiger charge is -2.42. The molecule has 92 valence electrons. The second-order valence-electron chi connectivity index (χ2n) is 4.78. The van der Waals surface area contributed by atoms with Crippen LogP contribution in [0.2, 0.25) is 0 Å². The Kier molecular flexibility index (Phi) is 3.79. The number of hydrogen-bond donors (Lipinski definition) is 2. The van der Waals surface area contributed by atoms with E-state index in [9.17, 15) is 4.79 Å². The molecule has 2 N–H and O–H groups in total. The minimum Gasteiger partial charge on any atom is -0.396 e. The molecule has 0 aliphatic heterocycles. The van der Waals surface area contributed by atoms with Crippen molar-refractivity contribution in [1.29, 1.82) is 0 Å². The van der Waals surface area contributed by atoms with Crippen molar-refractivity contribution >= 4 is 5.91 Å². The Balaban J connectivity index is 1.97. The zero-order valence-corrected chi connectivity index (χ0v) is 9.98. The summed E-state index contributed by atoms with van der Waals surface area (Å²) in [7, 11) is 0. The van der Waals surface area contributed by atoms with Crippen LogP contribution in [-0.2, 0) is 0 Å². The van der Waals surface area contributed by atoms with Crippen LogP contribution < -0.4 is 5.32 Å². The number of aliphatic hydroxyl groups is 1. The van der Waals surface area contributed by atoms with Gasteiger partial charge < -0.3 is 10.4 Å². The van der Waals surface area contributed by atoms with E-state index in [0.717, 1.165) is 25.7 Å². The SMILES string of the molecule is O=C(NC1(CCCO)CCC1)c1ccccc1. The molecular weight excluding hydrogens is 214 g/mol. The average molecular weight is 233 g/mol. The van der Waals surface area contributed by atoms with Crippen LogP contribution in [0.1, 0.15) is 42.5 Å². The molecule has 1 aromatic carbocycles. The van der Waals surface area contributed by atoms with E-state index in [1.807, 2.05) is 30.3 Å². The van der Waals surface area contributed by atoms with Gasteiger partial charge in [-0.25, -0.2) is 0 Å². The molecular formula is C14H19NO2. The molecule has 1 aliphatic carbocycles. The highest BCUT2D eigenvalue weighted by atomic mass is 16.3. The second kappa shape index (κ2) is 5.32. The highest BCUT2D eigenvalue weighted by molar-refractivity contribution is 5.94. The van der Waals surface area contributed by atoms with Crippen LogP contribution in [0.5, 0.6) is 0 Å². The molecule has 1 amide bonds. The third-order valence-corrected chi connectivity index (χ3v) is 3.54. The number of rotatable bonds is 5. The van der Waals surface area contributed by atoms with Crippen molar-refractivity contribution in [3.05, 3.63) is 35.9 Å². The first-order valence-electron chi connectivity index (χ1n) is 6.24. The fraction of sp³-hybridized carbons (Fsp3) is 0.500. The summed E-state index contributed by atoms with van der Waals surface area (Å²) in [6.45, 7) is 0.197. The highest BCUT2D eigenvalue weighted by Crippen LogP contribution is 2.36. The zero-order chi connectivity index (χ0) is 12.1. The molecule has 3 nitrogen and oxygen atoms in total. The molecule has 1 aliphatic rings. The number of hydrogen-bond acceptors (Lipinski definition) is 2. The minimum atomic E-state index is -0.0599. The molecule has 0 spiro atoms. The maximum atomic E-state index is 12.0. The molecule has 0 atom stereocenters. The van der Waals surface area contributed by atoms with E-state index in [2.05, 4.69) is 5.32 Å². The lowest BCUT2D eigenvalue weighted by atomic mass is 9.73. The monoisotopic (exact) mass is 233 g/mol. The fourth-order valence-electron chi connectivity index (χ4n) is 2.36. The molecule has 1 saturated carbocycles. The zero-order valence-electron chi connectivity index (χ0n) is 9.98. The molecule has 17 heavy (non-hydrogen) atoms. The molecule has 1 aromatic rings. The van der Waals surface area contributed by atoms with Gasteiger partial charge in [-0.15, -0.1) is 0 Å². The Morgan fingerprint density at radius 1 is 1.29 bits per heavy atom. The largest absolute Gasteiger partial charge is 0.396 e. The molecule has 3 heteroatoms. The van der Waals surface area contributed by atoms with Crippen molar-refractivity contribution in [1.82, 2.24) is 5.32 Å². The van der Waals surface area contributed by atoms with E-state index in [4.69, 9.17) is 5.11 Å². The van der Waals surface area contributed by atoms with Crippen molar-refractivity contribution in [2.75, 3.05) is 6.61 Å². The van der Waals surface area contributed by atoms with Crippen molar-refractivity contribution in [2.24, 2.45) is 0 Å². The summed E-state index contributed by atoms with van der Waals surface area (Å²) >= 11 is 0. The number of carbonyl (C=O) groups is 1. The first-order chi connectivity index (χ1) is 8.26. The molecule has 0 heterocycles. The maximum Gasteiger partial charge on any atom is 0.251 e. The first kappa shape index (κ1) is 12.1. The fourth-order valence-corrected chi connectivity index (χ4v) is 2.36. The molecule has 0 saturated heterocycles. The second-order valence-corrected chi connectivity index (χ2v) is 4.78. The van der Waals surface area contributed by atoms with Crippen LogP contribution in [-0.4, -0.2) is 23.2 Å². The third-order valence-electron chi connectivity index (χ3n) is 3.54. The van der Waals surface area contributed by atoms with E-state index in [0.29, 0.717) is 5.56 Å².